The quantitative estimate of drug-likeness (QED) is 0.886. The van der Waals surface area contributed by atoms with Gasteiger partial charge in [0.25, 0.3) is 5.91 Å². The van der Waals surface area contributed by atoms with Gasteiger partial charge in [0.05, 0.1) is 0 Å². The molecule has 2 aromatic carbocycles. The van der Waals surface area contributed by atoms with Crippen molar-refractivity contribution in [3.63, 3.8) is 0 Å². The van der Waals surface area contributed by atoms with Crippen LogP contribution in [0.5, 0.6) is 0 Å². The number of carbonyl (C=O) groups is 2. The van der Waals surface area contributed by atoms with E-state index in [2.05, 4.69) is 5.32 Å². The summed E-state index contributed by atoms with van der Waals surface area (Å²) in [5, 5.41) is 2.71. The molecule has 0 aliphatic rings. The first-order chi connectivity index (χ1) is 11.5. The Hall–Kier alpha value is -2.69. The minimum atomic E-state index is -0.307. The van der Waals surface area contributed by atoms with E-state index in [4.69, 9.17) is 0 Å². The molecule has 126 valence electrons. The molecule has 2 rings (SSSR count). The summed E-state index contributed by atoms with van der Waals surface area (Å²) in [6.07, 6.45) is 0. The summed E-state index contributed by atoms with van der Waals surface area (Å²) < 4.78 is 13.3. The van der Waals surface area contributed by atoms with Gasteiger partial charge in [-0.25, -0.2) is 4.39 Å². The van der Waals surface area contributed by atoms with Gasteiger partial charge in [-0.05, 0) is 42.3 Å². The molecule has 1 N–H and O–H groups in total. The molecule has 0 aliphatic heterocycles. The van der Waals surface area contributed by atoms with Crippen LogP contribution in [0, 0.1) is 5.82 Å². The van der Waals surface area contributed by atoms with Gasteiger partial charge in [0.15, 0.2) is 0 Å². The zero-order valence-electron chi connectivity index (χ0n) is 13.9. The predicted octanol–water partition coefficient (Wildman–Crippen LogP) is 3.12. The Bertz CT molecular complexity index is 714. The highest BCUT2D eigenvalue weighted by Crippen LogP contribution is 2.12. The van der Waals surface area contributed by atoms with Gasteiger partial charge in [0.1, 0.15) is 5.82 Å². The average molecular weight is 328 g/mol. The number of hydrogen-bond acceptors (Lipinski definition) is 2. The number of carbonyl (C=O) groups excluding carboxylic acids is 2. The summed E-state index contributed by atoms with van der Waals surface area (Å²) >= 11 is 0. The molecule has 0 atom stereocenters. The summed E-state index contributed by atoms with van der Waals surface area (Å²) in [5.41, 5.74) is 2.25. The van der Waals surface area contributed by atoms with Crippen molar-refractivity contribution >= 4 is 11.8 Å². The molecule has 24 heavy (non-hydrogen) atoms. The van der Waals surface area contributed by atoms with E-state index in [-0.39, 0.29) is 17.6 Å². The largest absolute Gasteiger partial charge is 0.352 e. The molecule has 5 heteroatoms. The molecule has 0 radical (unpaired) electrons. The minimum Gasteiger partial charge on any atom is -0.352 e. The van der Waals surface area contributed by atoms with E-state index in [1.54, 1.807) is 29.2 Å². The van der Waals surface area contributed by atoms with Crippen LogP contribution in [0.4, 0.5) is 4.39 Å². The first-order valence-corrected chi connectivity index (χ1v) is 7.86. The van der Waals surface area contributed by atoms with Crippen molar-refractivity contribution in [3.8, 4) is 0 Å². The fourth-order valence-electron chi connectivity index (χ4n) is 2.36. The Balaban J connectivity index is 2.06. The molecule has 0 aromatic heterocycles. The molecule has 0 saturated carbocycles. The number of nitrogens with zero attached hydrogens (tertiary/aromatic N) is 1. The van der Waals surface area contributed by atoms with Gasteiger partial charge in [-0.1, -0.05) is 24.3 Å². The summed E-state index contributed by atoms with van der Waals surface area (Å²) in [5.74, 6) is -0.506. The summed E-state index contributed by atoms with van der Waals surface area (Å²) in [6, 6.07) is 13.4. The Morgan fingerprint density at radius 2 is 1.79 bits per heavy atom. The zero-order chi connectivity index (χ0) is 17.5. The fraction of sp³-hybridized carbons (Fsp3) is 0.263. The molecular weight excluding hydrogens is 307 g/mol. The van der Waals surface area contributed by atoms with Crippen molar-refractivity contribution in [1.29, 1.82) is 0 Å². The Labute approximate surface area is 141 Å². The molecule has 0 fully saturated rings. The van der Waals surface area contributed by atoms with Gasteiger partial charge in [0, 0.05) is 32.1 Å². The third kappa shape index (κ3) is 4.91. The Morgan fingerprint density at radius 1 is 1.08 bits per heavy atom. The molecule has 0 heterocycles. The second-order valence-electron chi connectivity index (χ2n) is 5.56. The van der Waals surface area contributed by atoms with E-state index in [0.717, 1.165) is 11.1 Å². The number of amides is 2. The van der Waals surface area contributed by atoms with Crippen LogP contribution in [0.2, 0.25) is 0 Å². The number of rotatable bonds is 6. The van der Waals surface area contributed by atoms with Gasteiger partial charge < -0.3 is 10.2 Å². The van der Waals surface area contributed by atoms with Crippen molar-refractivity contribution in [2.75, 3.05) is 6.54 Å². The van der Waals surface area contributed by atoms with Crippen molar-refractivity contribution in [2.45, 2.75) is 26.9 Å². The lowest BCUT2D eigenvalue weighted by molar-refractivity contribution is -0.119. The molecule has 0 bridgehead atoms. The van der Waals surface area contributed by atoms with E-state index in [9.17, 15) is 14.0 Å². The lowest BCUT2D eigenvalue weighted by atomic mass is 10.1. The van der Waals surface area contributed by atoms with Crippen LogP contribution >= 0.6 is 0 Å². The lowest BCUT2D eigenvalue weighted by Crippen LogP contribution is -2.30. The molecule has 2 aromatic rings. The lowest BCUT2D eigenvalue weighted by Gasteiger charge is -2.21. The smallest absolute Gasteiger partial charge is 0.254 e. The topological polar surface area (TPSA) is 49.4 Å². The summed E-state index contributed by atoms with van der Waals surface area (Å²) in [4.78, 5) is 25.2. The highest BCUT2D eigenvalue weighted by atomic mass is 19.1. The zero-order valence-corrected chi connectivity index (χ0v) is 13.9. The molecule has 0 saturated heterocycles. The van der Waals surface area contributed by atoms with Gasteiger partial charge >= 0.3 is 0 Å². The van der Waals surface area contributed by atoms with E-state index in [0.29, 0.717) is 25.2 Å². The average Bonchev–Trinajstić information content (AvgIpc) is 2.58. The maximum absolute atomic E-state index is 13.3. The maximum atomic E-state index is 13.3. The van der Waals surface area contributed by atoms with E-state index < -0.39 is 0 Å². The van der Waals surface area contributed by atoms with Crippen molar-refractivity contribution in [1.82, 2.24) is 10.2 Å². The second kappa shape index (κ2) is 8.24. The van der Waals surface area contributed by atoms with Gasteiger partial charge in [-0.15, -0.1) is 0 Å². The van der Waals surface area contributed by atoms with Gasteiger partial charge in [0.2, 0.25) is 5.91 Å². The first kappa shape index (κ1) is 17.7. The van der Waals surface area contributed by atoms with Crippen molar-refractivity contribution in [2.24, 2.45) is 0 Å². The van der Waals surface area contributed by atoms with Crippen LogP contribution in [0.25, 0.3) is 0 Å². The Morgan fingerprint density at radius 3 is 2.38 bits per heavy atom. The van der Waals surface area contributed by atoms with Crippen molar-refractivity contribution in [3.05, 3.63) is 71.0 Å². The summed E-state index contributed by atoms with van der Waals surface area (Å²) in [7, 11) is 0. The number of hydrogen-bond donors (Lipinski definition) is 1. The number of benzene rings is 2. The van der Waals surface area contributed by atoms with Crippen LogP contribution in [0.1, 0.15) is 35.3 Å². The van der Waals surface area contributed by atoms with E-state index in [1.165, 1.54) is 19.1 Å². The standard InChI is InChI=1S/C19H21FN2O2/c1-3-22(13-16-5-4-6-18(20)11-16)19(24)17-9-7-15(8-10-17)12-21-14(2)23/h4-11H,3,12-13H2,1-2H3,(H,21,23). The summed E-state index contributed by atoms with van der Waals surface area (Å²) in [6.45, 7) is 4.68. The van der Waals surface area contributed by atoms with Gasteiger partial charge in [-0.3, -0.25) is 9.59 Å². The Kier molecular flexibility index (Phi) is 6.07. The molecule has 4 nitrogen and oxygen atoms in total. The fourth-order valence-corrected chi connectivity index (χ4v) is 2.36. The SMILES string of the molecule is CCN(Cc1cccc(F)c1)C(=O)c1ccc(CNC(C)=O)cc1. The third-order valence-electron chi connectivity index (χ3n) is 3.67. The van der Waals surface area contributed by atoms with Crippen LogP contribution < -0.4 is 5.32 Å². The van der Waals surface area contributed by atoms with Crippen LogP contribution in [0.3, 0.4) is 0 Å². The van der Waals surface area contributed by atoms with Gasteiger partial charge in [-0.2, -0.15) is 0 Å². The van der Waals surface area contributed by atoms with Crippen LogP contribution in [0.15, 0.2) is 48.5 Å². The third-order valence-corrected chi connectivity index (χ3v) is 3.67. The van der Waals surface area contributed by atoms with Crippen molar-refractivity contribution < 1.29 is 14.0 Å². The number of halogens is 1. The molecule has 2 amide bonds. The van der Waals surface area contributed by atoms with Crippen LogP contribution in [-0.4, -0.2) is 23.3 Å². The van der Waals surface area contributed by atoms with E-state index >= 15 is 0 Å². The van der Waals surface area contributed by atoms with Crippen LogP contribution in [-0.2, 0) is 17.9 Å². The monoisotopic (exact) mass is 328 g/mol. The second-order valence-corrected chi connectivity index (χ2v) is 5.56. The predicted molar refractivity (Wildman–Crippen MR) is 90.8 cm³/mol. The highest BCUT2D eigenvalue weighted by molar-refractivity contribution is 5.94. The minimum absolute atomic E-state index is 0.0950. The maximum Gasteiger partial charge on any atom is 0.254 e. The highest BCUT2D eigenvalue weighted by Gasteiger charge is 2.14. The molecule has 0 spiro atoms. The first-order valence-electron chi connectivity index (χ1n) is 7.86. The molecule has 0 unspecified atom stereocenters. The van der Waals surface area contributed by atoms with E-state index in [1.807, 2.05) is 19.1 Å². The molecule has 0 aliphatic carbocycles. The molecular formula is C19H21FN2O2. The number of nitrogens with one attached hydrogen (secondary N) is 1. The normalized spacial score (nSPS) is 10.3.